The quantitative estimate of drug-likeness (QED) is 0.254. The second kappa shape index (κ2) is 9.40. The highest BCUT2D eigenvalue weighted by Gasteiger charge is 2.47. The van der Waals surface area contributed by atoms with Gasteiger partial charge in [-0.3, -0.25) is 14.5 Å². The van der Waals surface area contributed by atoms with Crippen LogP contribution in [-0.2, 0) is 9.59 Å². The Labute approximate surface area is 191 Å². The molecule has 1 amide bonds. The van der Waals surface area contributed by atoms with Crippen molar-refractivity contribution in [1.82, 2.24) is 4.98 Å². The maximum Gasteiger partial charge on any atom is 0.301 e. The smallest absolute Gasteiger partial charge is 0.301 e. The minimum atomic E-state index is -0.859. The molecule has 0 saturated carbocycles. The van der Waals surface area contributed by atoms with Gasteiger partial charge >= 0.3 is 5.91 Å². The first-order valence-corrected chi connectivity index (χ1v) is 10.2. The Bertz CT molecular complexity index is 1200. The molecule has 1 aromatic heterocycles. The number of hydrogen-bond acceptors (Lipinski definition) is 6. The molecule has 1 aliphatic heterocycles. The van der Waals surface area contributed by atoms with Crippen molar-refractivity contribution >= 4 is 23.3 Å². The van der Waals surface area contributed by atoms with Crippen LogP contribution in [0.25, 0.3) is 5.76 Å². The third-order valence-corrected chi connectivity index (χ3v) is 5.27. The van der Waals surface area contributed by atoms with E-state index >= 15 is 0 Å². The zero-order chi connectivity index (χ0) is 23.4. The number of hydrogen-bond donors (Lipinski definition) is 1. The molecular formula is C26H22N2O5. The molecule has 3 aromatic rings. The summed E-state index contributed by atoms with van der Waals surface area (Å²) in [5.41, 5.74) is 1.00. The van der Waals surface area contributed by atoms with Gasteiger partial charge in [-0.2, -0.15) is 0 Å². The standard InChI is InChI=1S/C26H22N2O5/c1-3-16-33-20-13-9-18(10-14-20)24(29)22-23(17-7-11-19(32-2)12-8-17)28(26(31)25(22)30)21-6-4-5-15-27-21/h3-15,23,29H,1,16H2,2H3. The lowest BCUT2D eigenvalue weighted by Crippen LogP contribution is -2.30. The van der Waals surface area contributed by atoms with Crippen LogP contribution in [0.5, 0.6) is 11.5 Å². The van der Waals surface area contributed by atoms with E-state index in [0.29, 0.717) is 35.1 Å². The van der Waals surface area contributed by atoms with Crippen molar-refractivity contribution in [3.05, 3.63) is 102 Å². The Kier molecular flexibility index (Phi) is 6.22. The number of methoxy groups -OCH3 is 1. The molecule has 1 unspecified atom stereocenters. The van der Waals surface area contributed by atoms with E-state index in [0.717, 1.165) is 0 Å². The highest BCUT2D eigenvalue weighted by Crippen LogP contribution is 2.41. The Morgan fingerprint density at radius 1 is 1.06 bits per heavy atom. The lowest BCUT2D eigenvalue weighted by molar-refractivity contribution is -0.132. The lowest BCUT2D eigenvalue weighted by Gasteiger charge is -2.24. The van der Waals surface area contributed by atoms with Crippen LogP contribution in [0.1, 0.15) is 17.2 Å². The van der Waals surface area contributed by atoms with Gasteiger partial charge in [0.1, 0.15) is 29.7 Å². The van der Waals surface area contributed by atoms with Gasteiger partial charge < -0.3 is 14.6 Å². The summed E-state index contributed by atoms with van der Waals surface area (Å²) in [5, 5.41) is 11.2. The molecule has 0 aliphatic carbocycles. The zero-order valence-corrected chi connectivity index (χ0v) is 18.0. The van der Waals surface area contributed by atoms with Gasteiger partial charge in [-0.05, 0) is 54.1 Å². The number of nitrogens with zero attached hydrogens (tertiary/aromatic N) is 2. The van der Waals surface area contributed by atoms with Gasteiger partial charge in [-0.1, -0.05) is 30.9 Å². The monoisotopic (exact) mass is 442 g/mol. The molecule has 7 heteroatoms. The van der Waals surface area contributed by atoms with Crippen LogP contribution in [0.4, 0.5) is 5.82 Å². The summed E-state index contributed by atoms with van der Waals surface area (Å²) in [6.07, 6.45) is 3.17. The van der Waals surface area contributed by atoms with E-state index in [-0.39, 0.29) is 11.3 Å². The summed E-state index contributed by atoms with van der Waals surface area (Å²) in [7, 11) is 1.55. The van der Waals surface area contributed by atoms with Gasteiger partial charge in [-0.15, -0.1) is 0 Å². The molecule has 0 radical (unpaired) electrons. The molecule has 1 aliphatic rings. The number of aliphatic hydroxyl groups is 1. The summed E-state index contributed by atoms with van der Waals surface area (Å²) < 4.78 is 10.7. The fourth-order valence-corrected chi connectivity index (χ4v) is 3.69. The van der Waals surface area contributed by atoms with E-state index in [1.165, 1.54) is 4.90 Å². The average molecular weight is 442 g/mol. The average Bonchev–Trinajstić information content (AvgIpc) is 3.13. The molecule has 33 heavy (non-hydrogen) atoms. The molecule has 1 fully saturated rings. The van der Waals surface area contributed by atoms with E-state index in [9.17, 15) is 14.7 Å². The van der Waals surface area contributed by atoms with Gasteiger partial charge in [0, 0.05) is 11.8 Å². The Balaban J connectivity index is 1.84. The SMILES string of the molecule is C=CCOc1ccc(C(O)=C2C(=O)C(=O)N(c3ccccn3)C2c2ccc(OC)cc2)cc1. The number of aliphatic hydroxyl groups excluding tert-OH is 1. The molecule has 0 spiro atoms. The van der Waals surface area contributed by atoms with Crippen LogP contribution in [-0.4, -0.2) is 35.5 Å². The summed E-state index contributed by atoms with van der Waals surface area (Å²) in [6, 6.07) is 17.8. The van der Waals surface area contributed by atoms with Crippen LogP contribution in [0, 0.1) is 0 Å². The molecule has 1 N–H and O–H groups in total. The number of carbonyl (C=O) groups is 2. The first-order valence-electron chi connectivity index (χ1n) is 10.2. The third-order valence-electron chi connectivity index (χ3n) is 5.27. The second-order valence-corrected chi connectivity index (χ2v) is 7.25. The summed E-state index contributed by atoms with van der Waals surface area (Å²) in [4.78, 5) is 31.8. The van der Waals surface area contributed by atoms with Gasteiger partial charge in [-0.25, -0.2) is 4.98 Å². The molecule has 4 rings (SSSR count). The summed E-state index contributed by atoms with van der Waals surface area (Å²) >= 11 is 0. The molecule has 0 bridgehead atoms. The number of ketones is 1. The number of pyridine rings is 1. The van der Waals surface area contributed by atoms with Gasteiger partial charge in [0.2, 0.25) is 0 Å². The molecule has 1 atom stereocenters. The second-order valence-electron chi connectivity index (χ2n) is 7.25. The third kappa shape index (κ3) is 4.21. The van der Waals surface area contributed by atoms with Crippen LogP contribution < -0.4 is 14.4 Å². The Morgan fingerprint density at radius 3 is 2.36 bits per heavy atom. The fraction of sp³-hybridized carbons (Fsp3) is 0.115. The van der Waals surface area contributed by atoms with Crippen molar-refractivity contribution in [2.45, 2.75) is 6.04 Å². The number of rotatable bonds is 7. The Hall–Kier alpha value is -4.39. The van der Waals surface area contributed by atoms with Gasteiger partial charge in [0.15, 0.2) is 0 Å². The van der Waals surface area contributed by atoms with Crippen molar-refractivity contribution in [2.75, 3.05) is 18.6 Å². The van der Waals surface area contributed by atoms with E-state index < -0.39 is 17.7 Å². The van der Waals surface area contributed by atoms with Crippen molar-refractivity contribution < 1.29 is 24.2 Å². The van der Waals surface area contributed by atoms with Crippen molar-refractivity contribution in [3.63, 3.8) is 0 Å². The van der Waals surface area contributed by atoms with Crippen molar-refractivity contribution in [3.8, 4) is 11.5 Å². The van der Waals surface area contributed by atoms with Crippen molar-refractivity contribution in [1.29, 1.82) is 0 Å². The molecule has 7 nitrogen and oxygen atoms in total. The summed E-state index contributed by atoms with van der Waals surface area (Å²) in [5.74, 6) is -0.292. The molecule has 2 heterocycles. The fourth-order valence-electron chi connectivity index (χ4n) is 3.69. The van der Waals surface area contributed by atoms with E-state index in [2.05, 4.69) is 11.6 Å². The normalized spacial score (nSPS) is 17.1. The number of anilines is 1. The number of carbonyl (C=O) groups excluding carboxylic acids is 2. The van der Waals surface area contributed by atoms with Gasteiger partial charge in [0.25, 0.3) is 5.78 Å². The topological polar surface area (TPSA) is 89.0 Å². The maximum atomic E-state index is 13.1. The molecule has 166 valence electrons. The maximum absolute atomic E-state index is 13.1. The largest absolute Gasteiger partial charge is 0.507 e. The van der Waals surface area contributed by atoms with Crippen LogP contribution in [0.15, 0.2) is 91.2 Å². The molecule has 1 saturated heterocycles. The van der Waals surface area contributed by atoms with Crippen LogP contribution >= 0.6 is 0 Å². The first kappa shape index (κ1) is 21.8. The lowest BCUT2D eigenvalue weighted by atomic mass is 9.95. The highest BCUT2D eigenvalue weighted by atomic mass is 16.5. The predicted octanol–water partition coefficient (Wildman–Crippen LogP) is 4.28. The zero-order valence-electron chi connectivity index (χ0n) is 18.0. The number of benzene rings is 2. The van der Waals surface area contributed by atoms with Gasteiger partial charge in [0.05, 0.1) is 18.7 Å². The molecular weight excluding hydrogens is 420 g/mol. The minimum absolute atomic E-state index is 0.0180. The number of ether oxygens (including phenoxy) is 2. The minimum Gasteiger partial charge on any atom is -0.507 e. The Morgan fingerprint density at radius 2 is 1.76 bits per heavy atom. The van der Waals surface area contributed by atoms with Crippen molar-refractivity contribution in [2.24, 2.45) is 0 Å². The van der Waals surface area contributed by atoms with E-state index in [1.54, 1.807) is 86.1 Å². The first-order chi connectivity index (χ1) is 16.0. The van der Waals surface area contributed by atoms with E-state index in [4.69, 9.17) is 9.47 Å². The predicted molar refractivity (Wildman–Crippen MR) is 124 cm³/mol. The number of amides is 1. The van der Waals surface area contributed by atoms with Crippen LogP contribution in [0.3, 0.4) is 0 Å². The highest BCUT2D eigenvalue weighted by molar-refractivity contribution is 6.51. The number of aromatic nitrogens is 1. The van der Waals surface area contributed by atoms with Crippen LogP contribution in [0.2, 0.25) is 0 Å². The number of Topliss-reactive ketones (excluding diaryl/α,β-unsaturated/α-hetero) is 1. The molecule has 2 aromatic carbocycles. The summed E-state index contributed by atoms with van der Waals surface area (Å²) in [6.45, 7) is 3.96. The van der Waals surface area contributed by atoms with E-state index in [1.807, 2.05) is 0 Å².